The average molecular weight is 341 g/mol. The second-order valence-electron chi connectivity index (χ2n) is 6.73. The Labute approximate surface area is 148 Å². The van der Waals surface area contributed by atoms with Crippen LogP contribution in [0.4, 0.5) is 5.69 Å². The summed E-state index contributed by atoms with van der Waals surface area (Å²) in [6.07, 6.45) is 0. The molecule has 0 heterocycles. The first-order valence-corrected chi connectivity index (χ1v) is 8.21. The van der Waals surface area contributed by atoms with Crippen LogP contribution >= 0.6 is 12.2 Å². The molecule has 0 aromatic heterocycles. The van der Waals surface area contributed by atoms with E-state index in [0.29, 0.717) is 10.7 Å². The van der Waals surface area contributed by atoms with Crippen molar-refractivity contribution in [2.24, 2.45) is 0 Å². The number of carbonyl (C=O) groups excluding carboxylic acids is 1. The molecule has 126 valence electrons. The van der Waals surface area contributed by atoms with Crippen LogP contribution in [0.5, 0.6) is 0 Å². The quantitative estimate of drug-likeness (QED) is 0.572. The van der Waals surface area contributed by atoms with Crippen LogP contribution in [0.2, 0.25) is 0 Å². The van der Waals surface area contributed by atoms with Gasteiger partial charge < -0.3 is 5.32 Å². The van der Waals surface area contributed by atoms with E-state index in [1.807, 2.05) is 55.5 Å². The Balaban J connectivity index is 1.89. The van der Waals surface area contributed by atoms with Crippen molar-refractivity contribution in [3.63, 3.8) is 0 Å². The third-order valence-corrected chi connectivity index (χ3v) is 3.78. The highest BCUT2D eigenvalue weighted by atomic mass is 32.1. The number of thiocarbonyl (C=S) groups is 1. The van der Waals surface area contributed by atoms with Crippen molar-refractivity contribution in [3.05, 3.63) is 65.2 Å². The van der Waals surface area contributed by atoms with Gasteiger partial charge in [-0.2, -0.15) is 0 Å². The summed E-state index contributed by atoms with van der Waals surface area (Å²) in [6, 6.07) is 15.4. The maximum atomic E-state index is 12.2. The van der Waals surface area contributed by atoms with Gasteiger partial charge in [0.1, 0.15) is 0 Å². The Morgan fingerprint density at radius 2 is 1.67 bits per heavy atom. The average Bonchev–Trinajstić information content (AvgIpc) is 2.52. The zero-order chi connectivity index (χ0) is 17.7. The van der Waals surface area contributed by atoms with Crippen molar-refractivity contribution in [3.8, 4) is 0 Å². The van der Waals surface area contributed by atoms with Crippen molar-refractivity contribution < 1.29 is 4.79 Å². The van der Waals surface area contributed by atoms with E-state index in [-0.39, 0.29) is 11.3 Å². The van der Waals surface area contributed by atoms with Crippen LogP contribution < -0.4 is 16.2 Å². The molecular formula is C19H23N3OS. The summed E-state index contributed by atoms with van der Waals surface area (Å²) in [5.41, 5.74) is 9.14. The van der Waals surface area contributed by atoms with Gasteiger partial charge in [-0.15, -0.1) is 0 Å². The third-order valence-electron chi connectivity index (χ3n) is 3.58. The molecule has 1 amide bonds. The highest BCUT2D eigenvalue weighted by molar-refractivity contribution is 7.80. The number of hydrazine groups is 1. The zero-order valence-corrected chi connectivity index (χ0v) is 15.3. The van der Waals surface area contributed by atoms with Crippen molar-refractivity contribution >= 4 is 28.9 Å². The molecular weight excluding hydrogens is 318 g/mol. The summed E-state index contributed by atoms with van der Waals surface area (Å²) in [5, 5.41) is 3.36. The van der Waals surface area contributed by atoms with Crippen LogP contribution in [0.3, 0.4) is 0 Å². The molecule has 2 aromatic rings. The SMILES string of the molecule is Cc1cccc(NC(=S)NNC(=O)c2ccc(C(C)(C)C)cc2)c1. The molecule has 24 heavy (non-hydrogen) atoms. The van der Waals surface area contributed by atoms with E-state index in [1.165, 1.54) is 5.56 Å². The normalized spacial score (nSPS) is 10.8. The topological polar surface area (TPSA) is 53.2 Å². The van der Waals surface area contributed by atoms with E-state index in [9.17, 15) is 4.79 Å². The molecule has 2 rings (SSSR count). The lowest BCUT2D eigenvalue weighted by Crippen LogP contribution is -2.43. The standard InChI is InChI=1S/C19H23N3OS/c1-13-6-5-7-16(12-13)20-18(24)22-21-17(23)14-8-10-15(11-9-14)19(2,3)4/h5-12H,1-4H3,(H,21,23)(H2,20,22,24). The summed E-state index contributed by atoms with van der Waals surface area (Å²) in [7, 11) is 0. The Morgan fingerprint density at radius 3 is 2.25 bits per heavy atom. The molecule has 0 bridgehead atoms. The number of hydrogen-bond acceptors (Lipinski definition) is 2. The van der Waals surface area contributed by atoms with Gasteiger partial charge in [0, 0.05) is 11.3 Å². The van der Waals surface area contributed by atoms with Crippen LogP contribution in [-0.4, -0.2) is 11.0 Å². The van der Waals surface area contributed by atoms with Gasteiger partial charge in [-0.1, -0.05) is 45.0 Å². The van der Waals surface area contributed by atoms with Crippen LogP contribution in [0.25, 0.3) is 0 Å². The largest absolute Gasteiger partial charge is 0.331 e. The van der Waals surface area contributed by atoms with E-state index >= 15 is 0 Å². The Morgan fingerprint density at radius 1 is 1.00 bits per heavy atom. The lowest BCUT2D eigenvalue weighted by molar-refractivity contribution is 0.0944. The van der Waals surface area contributed by atoms with E-state index in [2.05, 4.69) is 36.9 Å². The second-order valence-corrected chi connectivity index (χ2v) is 7.14. The molecule has 0 aliphatic heterocycles. The van der Waals surface area contributed by atoms with E-state index in [0.717, 1.165) is 11.3 Å². The molecule has 0 atom stereocenters. The fraction of sp³-hybridized carbons (Fsp3) is 0.263. The minimum absolute atomic E-state index is 0.0621. The van der Waals surface area contributed by atoms with Crippen LogP contribution in [0, 0.1) is 6.92 Å². The number of carbonyl (C=O) groups is 1. The Kier molecular flexibility index (Phi) is 5.57. The third kappa shape index (κ3) is 5.06. The van der Waals surface area contributed by atoms with E-state index < -0.39 is 0 Å². The Bertz CT molecular complexity index is 733. The van der Waals surface area contributed by atoms with E-state index in [1.54, 1.807) is 0 Å². The first-order chi connectivity index (χ1) is 11.3. The lowest BCUT2D eigenvalue weighted by atomic mass is 9.87. The fourth-order valence-corrected chi connectivity index (χ4v) is 2.36. The summed E-state index contributed by atoms with van der Waals surface area (Å²) in [6.45, 7) is 8.42. The monoisotopic (exact) mass is 341 g/mol. The summed E-state index contributed by atoms with van der Waals surface area (Å²) in [4.78, 5) is 12.2. The molecule has 0 saturated heterocycles. The molecule has 5 heteroatoms. The minimum atomic E-state index is -0.233. The predicted molar refractivity (Wildman–Crippen MR) is 103 cm³/mol. The van der Waals surface area contributed by atoms with E-state index in [4.69, 9.17) is 12.2 Å². The van der Waals surface area contributed by atoms with Crippen LogP contribution in [-0.2, 0) is 5.41 Å². The van der Waals surface area contributed by atoms with Crippen molar-refractivity contribution in [1.82, 2.24) is 10.9 Å². The highest BCUT2D eigenvalue weighted by Gasteiger charge is 2.14. The van der Waals surface area contributed by atoms with Gasteiger partial charge in [0.15, 0.2) is 5.11 Å². The number of amides is 1. The molecule has 0 fully saturated rings. The number of aryl methyl sites for hydroxylation is 1. The minimum Gasteiger partial charge on any atom is -0.331 e. The van der Waals surface area contributed by atoms with Crippen LogP contribution in [0.15, 0.2) is 48.5 Å². The van der Waals surface area contributed by atoms with Gasteiger partial charge in [0.05, 0.1) is 0 Å². The molecule has 3 N–H and O–H groups in total. The zero-order valence-electron chi connectivity index (χ0n) is 14.4. The summed E-state index contributed by atoms with van der Waals surface area (Å²) >= 11 is 5.18. The first kappa shape index (κ1) is 17.9. The first-order valence-electron chi connectivity index (χ1n) is 7.80. The highest BCUT2D eigenvalue weighted by Crippen LogP contribution is 2.22. The predicted octanol–water partition coefficient (Wildman–Crippen LogP) is 3.92. The van der Waals surface area contributed by atoms with Crippen molar-refractivity contribution in [2.45, 2.75) is 33.1 Å². The summed E-state index contributed by atoms with van der Waals surface area (Å²) in [5.74, 6) is -0.233. The fourth-order valence-electron chi connectivity index (χ4n) is 2.19. The number of anilines is 1. The molecule has 0 spiro atoms. The van der Waals surface area contributed by atoms with Gasteiger partial charge in [-0.25, -0.2) is 0 Å². The maximum absolute atomic E-state index is 12.2. The lowest BCUT2D eigenvalue weighted by Gasteiger charge is -2.19. The summed E-state index contributed by atoms with van der Waals surface area (Å²) < 4.78 is 0. The molecule has 0 unspecified atom stereocenters. The molecule has 0 saturated carbocycles. The molecule has 4 nitrogen and oxygen atoms in total. The van der Waals surface area contributed by atoms with Crippen LogP contribution in [0.1, 0.15) is 42.3 Å². The molecule has 0 radical (unpaired) electrons. The second kappa shape index (κ2) is 7.45. The molecule has 0 aliphatic rings. The van der Waals surface area contributed by atoms with Gasteiger partial charge in [0.2, 0.25) is 0 Å². The number of benzene rings is 2. The van der Waals surface area contributed by atoms with Gasteiger partial charge >= 0.3 is 0 Å². The Hall–Kier alpha value is -2.40. The smallest absolute Gasteiger partial charge is 0.269 e. The van der Waals surface area contributed by atoms with Crippen molar-refractivity contribution in [1.29, 1.82) is 0 Å². The number of hydrogen-bond donors (Lipinski definition) is 3. The molecule has 2 aromatic carbocycles. The number of nitrogens with one attached hydrogen (secondary N) is 3. The number of rotatable bonds is 2. The van der Waals surface area contributed by atoms with Gasteiger partial charge in [-0.3, -0.25) is 15.6 Å². The maximum Gasteiger partial charge on any atom is 0.269 e. The van der Waals surface area contributed by atoms with Crippen molar-refractivity contribution in [2.75, 3.05) is 5.32 Å². The molecule has 0 aliphatic carbocycles. The van der Waals surface area contributed by atoms with Gasteiger partial charge in [-0.05, 0) is 59.9 Å². The van der Waals surface area contributed by atoms with Gasteiger partial charge in [0.25, 0.3) is 5.91 Å².